The predicted octanol–water partition coefficient (Wildman–Crippen LogP) is 0.701. The first kappa shape index (κ1) is 10.9. The first-order valence-electron chi connectivity index (χ1n) is 4.43. The van der Waals surface area contributed by atoms with Crippen LogP contribution in [0.3, 0.4) is 0 Å². The summed E-state index contributed by atoms with van der Waals surface area (Å²) in [6, 6.07) is 0. The molecule has 0 aromatic rings. The van der Waals surface area contributed by atoms with E-state index in [0.29, 0.717) is 0 Å². The van der Waals surface area contributed by atoms with Gasteiger partial charge in [0.15, 0.2) is 0 Å². The van der Waals surface area contributed by atoms with E-state index in [2.05, 4.69) is 0 Å². The van der Waals surface area contributed by atoms with Crippen LogP contribution in [-0.4, -0.2) is 25.1 Å². The van der Waals surface area contributed by atoms with Crippen LogP contribution in [0.15, 0.2) is 0 Å². The standard InChI is InChI=1S/C8H21N3/c1-11(10)8-6-4-2-3-5-7-9/h2-10H2,1H3. The van der Waals surface area contributed by atoms with Gasteiger partial charge in [0.25, 0.3) is 0 Å². The van der Waals surface area contributed by atoms with Gasteiger partial charge in [0.05, 0.1) is 0 Å². The Morgan fingerprint density at radius 1 is 1.00 bits per heavy atom. The number of rotatable bonds is 7. The SMILES string of the molecule is CN(N)CCCCCCCN. The van der Waals surface area contributed by atoms with Gasteiger partial charge in [-0.1, -0.05) is 19.3 Å². The van der Waals surface area contributed by atoms with Gasteiger partial charge < -0.3 is 5.73 Å². The van der Waals surface area contributed by atoms with Crippen LogP contribution in [0.25, 0.3) is 0 Å². The van der Waals surface area contributed by atoms with E-state index in [9.17, 15) is 0 Å². The fourth-order valence-corrected chi connectivity index (χ4v) is 1.04. The highest BCUT2D eigenvalue weighted by Gasteiger charge is 1.91. The zero-order valence-electron chi connectivity index (χ0n) is 7.55. The molecule has 0 bridgehead atoms. The van der Waals surface area contributed by atoms with Gasteiger partial charge in [-0.25, -0.2) is 0 Å². The number of hydrogen-bond donors (Lipinski definition) is 2. The van der Waals surface area contributed by atoms with E-state index < -0.39 is 0 Å². The van der Waals surface area contributed by atoms with Crippen LogP contribution in [0.4, 0.5) is 0 Å². The van der Waals surface area contributed by atoms with Gasteiger partial charge in [-0.05, 0) is 19.4 Å². The van der Waals surface area contributed by atoms with Gasteiger partial charge >= 0.3 is 0 Å². The summed E-state index contributed by atoms with van der Waals surface area (Å²) in [5.41, 5.74) is 5.36. The number of nitrogens with zero attached hydrogens (tertiary/aromatic N) is 1. The Morgan fingerprint density at radius 3 is 2.09 bits per heavy atom. The summed E-state index contributed by atoms with van der Waals surface area (Å²) in [6.45, 7) is 1.83. The van der Waals surface area contributed by atoms with Crippen LogP contribution in [-0.2, 0) is 0 Å². The van der Waals surface area contributed by atoms with Crippen molar-refractivity contribution in [2.45, 2.75) is 32.1 Å². The molecule has 4 N–H and O–H groups in total. The molecule has 0 spiro atoms. The fourth-order valence-electron chi connectivity index (χ4n) is 1.04. The molecule has 0 aromatic carbocycles. The van der Waals surface area contributed by atoms with Crippen LogP contribution in [0.5, 0.6) is 0 Å². The van der Waals surface area contributed by atoms with Gasteiger partial charge in [-0.3, -0.25) is 10.9 Å². The molecule has 0 heterocycles. The van der Waals surface area contributed by atoms with E-state index in [0.717, 1.165) is 13.1 Å². The van der Waals surface area contributed by atoms with Crippen molar-refractivity contribution in [3.8, 4) is 0 Å². The average molecular weight is 159 g/mol. The predicted molar refractivity (Wildman–Crippen MR) is 49.0 cm³/mol. The van der Waals surface area contributed by atoms with Crippen LogP contribution >= 0.6 is 0 Å². The van der Waals surface area contributed by atoms with E-state index in [1.807, 2.05) is 7.05 Å². The molecular weight excluding hydrogens is 138 g/mol. The largest absolute Gasteiger partial charge is 0.330 e. The Balaban J connectivity index is 2.80. The molecule has 0 aliphatic carbocycles. The zero-order chi connectivity index (χ0) is 8.53. The average Bonchev–Trinajstić information content (AvgIpc) is 1.96. The molecule has 3 nitrogen and oxygen atoms in total. The molecular formula is C8H21N3. The molecule has 0 aromatic heterocycles. The van der Waals surface area contributed by atoms with Crippen molar-refractivity contribution in [3.05, 3.63) is 0 Å². The number of hydrogen-bond acceptors (Lipinski definition) is 3. The molecule has 0 amide bonds. The van der Waals surface area contributed by atoms with Crippen molar-refractivity contribution in [1.29, 1.82) is 0 Å². The zero-order valence-corrected chi connectivity index (χ0v) is 7.55. The minimum absolute atomic E-state index is 0.830. The van der Waals surface area contributed by atoms with Gasteiger partial charge in [0, 0.05) is 13.6 Å². The molecule has 0 saturated heterocycles. The molecule has 0 atom stereocenters. The van der Waals surface area contributed by atoms with Crippen molar-refractivity contribution >= 4 is 0 Å². The Labute approximate surface area is 69.7 Å². The Morgan fingerprint density at radius 2 is 1.55 bits per heavy atom. The third kappa shape index (κ3) is 9.88. The normalized spacial score (nSPS) is 10.9. The minimum Gasteiger partial charge on any atom is -0.330 e. The molecule has 0 radical (unpaired) electrons. The third-order valence-corrected chi connectivity index (χ3v) is 1.71. The van der Waals surface area contributed by atoms with Crippen molar-refractivity contribution in [3.63, 3.8) is 0 Å². The van der Waals surface area contributed by atoms with Crippen LogP contribution in [0.1, 0.15) is 32.1 Å². The number of hydrazine groups is 1. The van der Waals surface area contributed by atoms with Crippen molar-refractivity contribution in [2.75, 3.05) is 20.1 Å². The molecule has 0 unspecified atom stereocenters. The lowest BCUT2D eigenvalue weighted by atomic mass is 10.1. The Hall–Kier alpha value is -0.120. The van der Waals surface area contributed by atoms with Gasteiger partial charge in [-0.15, -0.1) is 0 Å². The summed E-state index contributed by atoms with van der Waals surface area (Å²) in [7, 11) is 1.90. The van der Waals surface area contributed by atoms with Crippen molar-refractivity contribution in [1.82, 2.24) is 5.01 Å². The highest BCUT2D eigenvalue weighted by molar-refractivity contribution is 4.46. The lowest BCUT2D eigenvalue weighted by molar-refractivity contribution is 0.337. The van der Waals surface area contributed by atoms with E-state index in [1.165, 1.54) is 32.1 Å². The maximum Gasteiger partial charge on any atom is 0.0125 e. The first-order valence-corrected chi connectivity index (χ1v) is 4.43. The van der Waals surface area contributed by atoms with Crippen molar-refractivity contribution in [2.24, 2.45) is 11.6 Å². The van der Waals surface area contributed by atoms with E-state index in [-0.39, 0.29) is 0 Å². The maximum absolute atomic E-state index is 5.45. The van der Waals surface area contributed by atoms with Crippen LogP contribution in [0.2, 0.25) is 0 Å². The summed E-state index contributed by atoms with van der Waals surface area (Å²) >= 11 is 0. The van der Waals surface area contributed by atoms with E-state index in [4.69, 9.17) is 11.6 Å². The molecule has 0 rings (SSSR count). The number of nitrogens with two attached hydrogens (primary N) is 2. The maximum atomic E-state index is 5.45. The van der Waals surface area contributed by atoms with E-state index >= 15 is 0 Å². The molecule has 0 aliphatic rings. The van der Waals surface area contributed by atoms with E-state index in [1.54, 1.807) is 5.01 Å². The summed E-state index contributed by atoms with van der Waals surface area (Å²) in [5.74, 6) is 5.45. The number of unbranched alkanes of at least 4 members (excludes halogenated alkanes) is 4. The monoisotopic (exact) mass is 159 g/mol. The summed E-state index contributed by atoms with van der Waals surface area (Å²) in [6.07, 6.45) is 6.22. The molecule has 0 aliphatic heterocycles. The van der Waals surface area contributed by atoms with Crippen LogP contribution in [0, 0.1) is 0 Å². The first-order chi connectivity index (χ1) is 5.27. The van der Waals surface area contributed by atoms with Gasteiger partial charge in [0.1, 0.15) is 0 Å². The summed E-state index contributed by atoms with van der Waals surface area (Å²) < 4.78 is 0. The second-order valence-electron chi connectivity index (χ2n) is 3.04. The molecule has 3 heteroatoms. The topological polar surface area (TPSA) is 55.3 Å². The second kappa shape index (κ2) is 7.98. The lowest BCUT2D eigenvalue weighted by Gasteiger charge is -2.07. The molecule has 11 heavy (non-hydrogen) atoms. The quantitative estimate of drug-likeness (QED) is 0.326. The van der Waals surface area contributed by atoms with Gasteiger partial charge in [0.2, 0.25) is 0 Å². The fraction of sp³-hybridized carbons (Fsp3) is 1.00. The Bertz CT molecular complexity index is 73.7. The molecule has 0 fully saturated rings. The highest BCUT2D eigenvalue weighted by atomic mass is 15.4. The lowest BCUT2D eigenvalue weighted by Crippen LogP contribution is -2.26. The summed E-state index contributed by atoms with van der Waals surface area (Å²) in [5, 5.41) is 1.74. The second-order valence-corrected chi connectivity index (χ2v) is 3.04. The smallest absolute Gasteiger partial charge is 0.0125 e. The third-order valence-electron chi connectivity index (χ3n) is 1.71. The minimum atomic E-state index is 0.830. The van der Waals surface area contributed by atoms with Crippen LogP contribution < -0.4 is 11.6 Å². The highest BCUT2D eigenvalue weighted by Crippen LogP contribution is 2.01. The molecule has 0 saturated carbocycles. The summed E-state index contributed by atoms with van der Waals surface area (Å²) in [4.78, 5) is 0. The Kier molecular flexibility index (Phi) is 7.89. The van der Waals surface area contributed by atoms with Gasteiger partial charge in [-0.2, -0.15) is 0 Å². The molecule has 68 valence electrons. The van der Waals surface area contributed by atoms with Crippen molar-refractivity contribution < 1.29 is 0 Å².